The number of carbonyl (C=O) groups excluding carboxylic acids is 1. The maximum Gasteiger partial charge on any atom is 0.278 e. The van der Waals surface area contributed by atoms with E-state index in [1.165, 1.54) is 16.3 Å². The van der Waals surface area contributed by atoms with Crippen molar-refractivity contribution in [2.45, 2.75) is 13.8 Å². The number of hydrogen-bond acceptors (Lipinski definition) is 3. The molecule has 11 heteroatoms. The first-order valence-electron chi connectivity index (χ1n) is 13.8. The lowest BCUT2D eigenvalue weighted by Gasteiger charge is -2.04. The highest BCUT2D eigenvalue weighted by molar-refractivity contribution is 6.43. The quantitative estimate of drug-likeness (QED) is 0.197. The van der Waals surface area contributed by atoms with Crippen LogP contribution < -0.4 is 0 Å². The van der Waals surface area contributed by atoms with Gasteiger partial charge in [-0.2, -0.15) is 14.9 Å². The number of aromatic amines is 1. The van der Waals surface area contributed by atoms with Crippen LogP contribution in [0.15, 0.2) is 91.0 Å². The molecule has 7 rings (SSSR count). The third-order valence-corrected chi connectivity index (χ3v) is 9.52. The zero-order valence-corrected chi connectivity index (χ0v) is 28.7. The van der Waals surface area contributed by atoms with Crippen molar-refractivity contribution in [1.82, 2.24) is 20.0 Å². The van der Waals surface area contributed by atoms with Gasteiger partial charge in [0.2, 0.25) is 0 Å². The van der Waals surface area contributed by atoms with Crippen molar-refractivity contribution in [3.8, 4) is 22.5 Å². The number of benzene rings is 5. The summed E-state index contributed by atoms with van der Waals surface area (Å²) in [4.78, 5) is 13.2. The van der Waals surface area contributed by atoms with Gasteiger partial charge in [-0.15, -0.1) is 0 Å². The zero-order chi connectivity index (χ0) is 32.7. The molecule has 2 aromatic heterocycles. The summed E-state index contributed by atoms with van der Waals surface area (Å²) in [5, 5.41) is 16.6. The van der Waals surface area contributed by atoms with Gasteiger partial charge in [0.25, 0.3) is 5.91 Å². The third kappa shape index (κ3) is 6.50. The van der Waals surface area contributed by atoms with Gasteiger partial charge < -0.3 is 0 Å². The van der Waals surface area contributed by atoms with E-state index in [9.17, 15) is 4.79 Å². The fourth-order valence-corrected chi connectivity index (χ4v) is 5.88. The van der Waals surface area contributed by atoms with Crippen LogP contribution in [0.2, 0.25) is 30.1 Å². The minimum atomic E-state index is -0.305. The Hall–Kier alpha value is -3.55. The Morgan fingerprint density at radius 3 is 1.74 bits per heavy atom. The fraction of sp³-hybridized carbons (Fsp3) is 0.0571. The average molecular weight is 727 g/mol. The molecule has 0 spiro atoms. The van der Waals surface area contributed by atoms with Crippen LogP contribution in [0.5, 0.6) is 0 Å². The highest BCUT2D eigenvalue weighted by Crippen LogP contribution is 2.34. The fourth-order valence-electron chi connectivity index (χ4n) is 4.98. The van der Waals surface area contributed by atoms with Gasteiger partial charge >= 0.3 is 0 Å². The second-order valence-corrected chi connectivity index (χ2v) is 13.0. The maximum absolute atomic E-state index is 13.2. The normalized spacial score (nSPS) is 11.1. The summed E-state index contributed by atoms with van der Waals surface area (Å²) in [6.07, 6.45) is 0. The van der Waals surface area contributed by atoms with E-state index in [1.807, 2.05) is 43.3 Å². The molecule has 2 heterocycles. The third-order valence-electron chi connectivity index (χ3n) is 7.30. The molecule has 46 heavy (non-hydrogen) atoms. The number of rotatable bonds is 3. The summed E-state index contributed by atoms with van der Waals surface area (Å²) in [7, 11) is 0. The van der Waals surface area contributed by atoms with Gasteiger partial charge in [-0.05, 0) is 79.6 Å². The summed E-state index contributed by atoms with van der Waals surface area (Å²) in [6, 6.07) is 27.6. The van der Waals surface area contributed by atoms with Gasteiger partial charge in [0.05, 0.1) is 46.9 Å². The first-order valence-corrected chi connectivity index (χ1v) is 16.1. The minimum Gasteiger partial charge on any atom is -0.277 e. The Balaban J connectivity index is 0.000000178. The number of hydrogen-bond donors (Lipinski definition) is 1. The average Bonchev–Trinajstić information content (AvgIpc) is 3.62. The highest BCUT2D eigenvalue weighted by Gasteiger charge is 2.20. The molecule has 5 nitrogen and oxygen atoms in total. The van der Waals surface area contributed by atoms with Crippen molar-refractivity contribution in [1.29, 1.82) is 0 Å². The molecule has 0 aliphatic heterocycles. The first kappa shape index (κ1) is 32.4. The molecule has 0 bridgehead atoms. The number of aromatic nitrogens is 4. The van der Waals surface area contributed by atoms with E-state index < -0.39 is 0 Å². The number of nitrogens with zero attached hydrogens (tertiary/aromatic N) is 3. The van der Waals surface area contributed by atoms with Crippen LogP contribution in [0.4, 0.5) is 0 Å². The Morgan fingerprint density at radius 2 is 1.13 bits per heavy atom. The molecule has 0 aliphatic carbocycles. The van der Waals surface area contributed by atoms with Crippen LogP contribution in [-0.2, 0) is 0 Å². The van der Waals surface area contributed by atoms with Crippen LogP contribution in [0.1, 0.15) is 21.5 Å². The molecule has 0 atom stereocenters. The Bertz CT molecular complexity index is 2290. The largest absolute Gasteiger partial charge is 0.278 e. The predicted octanol–water partition coefficient (Wildman–Crippen LogP) is 12.2. The minimum absolute atomic E-state index is 0.305. The smallest absolute Gasteiger partial charge is 0.277 e. The molecule has 0 fully saturated rings. The van der Waals surface area contributed by atoms with Gasteiger partial charge in [0.15, 0.2) is 0 Å². The molecular weight excluding hydrogens is 705 g/mol. The lowest BCUT2D eigenvalue weighted by atomic mass is 10.1. The summed E-state index contributed by atoms with van der Waals surface area (Å²) >= 11 is 36.2. The van der Waals surface area contributed by atoms with Crippen LogP contribution >= 0.6 is 69.6 Å². The molecule has 230 valence electrons. The van der Waals surface area contributed by atoms with Crippen LogP contribution in [0.25, 0.3) is 44.3 Å². The van der Waals surface area contributed by atoms with E-state index in [1.54, 1.807) is 30.3 Å². The summed E-state index contributed by atoms with van der Waals surface area (Å²) in [6.45, 7) is 4.01. The monoisotopic (exact) mass is 724 g/mol. The zero-order valence-electron chi connectivity index (χ0n) is 24.2. The van der Waals surface area contributed by atoms with Crippen molar-refractivity contribution in [3.05, 3.63) is 138 Å². The van der Waals surface area contributed by atoms with Crippen LogP contribution in [-0.4, -0.2) is 25.9 Å². The standard InChI is InChI=1S/C21H12Cl4N2O.C14H10Cl2N2/c1-11-2-5-14-19(8-11)27(21(28)13-4-7-16(23)18(25)10-13)26-20(14)12-3-6-15(22)17(24)9-12;1-8-2-4-10-13(6-8)17-18-14(10)9-3-5-11(15)12(16)7-9/h2-10H,1H3;2-7H,1H3,(H,17,18). The van der Waals surface area contributed by atoms with E-state index in [2.05, 4.69) is 40.4 Å². The molecule has 1 N–H and O–H groups in total. The van der Waals surface area contributed by atoms with Crippen molar-refractivity contribution >= 4 is 97.3 Å². The summed E-state index contributed by atoms with van der Waals surface area (Å²) in [5.41, 5.74) is 7.58. The Labute approximate surface area is 294 Å². The lowest BCUT2D eigenvalue weighted by molar-refractivity contribution is 0.0950. The van der Waals surface area contributed by atoms with E-state index in [0.29, 0.717) is 46.9 Å². The van der Waals surface area contributed by atoms with E-state index in [0.717, 1.165) is 38.7 Å². The molecule has 0 amide bonds. The van der Waals surface area contributed by atoms with Gasteiger partial charge in [-0.3, -0.25) is 9.89 Å². The van der Waals surface area contributed by atoms with E-state index >= 15 is 0 Å². The summed E-state index contributed by atoms with van der Waals surface area (Å²) < 4.78 is 1.37. The number of aryl methyl sites for hydroxylation is 2. The predicted molar refractivity (Wildman–Crippen MR) is 192 cm³/mol. The van der Waals surface area contributed by atoms with Gasteiger partial charge in [0.1, 0.15) is 5.69 Å². The number of nitrogens with one attached hydrogen (secondary N) is 1. The van der Waals surface area contributed by atoms with Gasteiger partial charge in [-0.1, -0.05) is 106 Å². The second kappa shape index (κ2) is 13.3. The van der Waals surface area contributed by atoms with Crippen molar-refractivity contribution in [2.24, 2.45) is 0 Å². The molecule has 0 radical (unpaired) electrons. The number of halogens is 6. The number of fused-ring (bicyclic) bond motifs is 2. The maximum atomic E-state index is 13.2. The molecule has 5 aromatic carbocycles. The lowest BCUT2D eigenvalue weighted by Crippen LogP contribution is -2.13. The van der Waals surface area contributed by atoms with Crippen LogP contribution in [0, 0.1) is 13.8 Å². The second-order valence-electron chi connectivity index (χ2n) is 10.6. The molecule has 0 aliphatic rings. The Kier molecular flexibility index (Phi) is 9.36. The first-order chi connectivity index (χ1) is 22.0. The Morgan fingerprint density at radius 1 is 0.587 bits per heavy atom. The van der Waals surface area contributed by atoms with Gasteiger partial charge in [0, 0.05) is 27.5 Å². The van der Waals surface area contributed by atoms with Crippen molar-refractivity contribution < 1.29 is 4.79 Å². The summed E-state index contributed by atoms with van der Waals surface area (Å²) in [5.74, 6) is -0.305. The van der Waals surface area contributed by atoms with Crippen molar-refractivity contribution in [3.63, 3.8) is 0 Å². The molecular formula is C35H22Cl6N4O. The SMILES string of the molecule is Cc1ccc2c(-c3ccc(Cl)c(Cl)c3)n[nH]c2c1.Cc1ccc2c(-c3ccc(Cl)c(Cl)c3)nn(C(=O)c3ccc(Cl)c(Cl)c3)c2c1. The molecule has 0 saturated heterocycles. The van der Waals surface area contributed by atoms with Crippen molar-refractivity contribution in [2.75, 3.05) is 0 Å². The molecule has 7 aromatic rings. The molecule has 0 unspecified atom stereocenters. The number of H-pyrrole nitrogens is 1. The van der Waals surface area contributed by atoms with E-state index in [-0.39, 0.29) is 5.91 Å². The highest BCUT2D eigenvalue weighted by atomic mass is 35.5. The number of carbonyl (C=O) groups is 1. The molecule has 0 saturated carbocycles. The topological polar surface area (TPSA) is 63.6 Å². The van der Waals surface area contributed by atoms with E-state index in [4.69, 9.17) is 69.6 Å². The van der Waals surface area contributed by atoms with Gasteiger partial charge in [-0.25, -0.2) is 0 Å². The van der Waals surface area contributed by atoms with Crippen LogP contribution in [0.3, 0.4) is 0 Å².